The lowest BCUT2D eigenvalue weighted by molar-refractivity contribution is -0.141. The van der Waals surface area contributed by atoms with Gasteiger partial charge in [0, 0.05) is 0 Å². The monoisotopic (exact) mass is 264 g/mol. The molecule has 0 aliphatic rings. The molecule has 0 radical (unpaired) electrons. The molecule has 1 N–H and O–H groups in total. The Kier molecular flexibility index (Phi) is 12.4. The maximum atomic E-state index is 10.4. The third-order valence-corrected chi connectivity index (χ3v) is 2.05. The van der Waals surface area contributed by atoms with Gasteiger partial charge in [-0.2, -0.15) is 0 Å². The first-order valence-electron chi connectivity index (χ1n) is 5.06. The molecule has 14 heavy (non-hydrogen) atoms. The van der Waals surface area contributed by atoms with E-state index in [0.717, 1.165) is 25.7 Å². The SMILES string of the molecule is Br.CCCC=CCCCC(C)C(=O)O. The molecule has 2 nitrogen and oxygen atoms in total. The molecule has 1 atom stereocenters. The van der Waals surface area contributed by atoms with Gasteiger partial charge in [-0.15, -0.1) is 17.0 Å². The standard InChI is InChI=1S/C11H20O2.BrH/c1-3-4-5-6-7-8-9-10(2)11(12)13;/h5-6,10H,3-4,7-9H2,1-2H3,(H,12,13);1H. The van der Waals surface area contributed by atoms with Crippen molar-refractivity contribution in [2.75, 3.05) is 0 Å². The van der Waals surface area contributed by atoms with Gasteiger partial charge in [0.2, 0.25) is 0 Å². The van der Waals surface area contributed by atoms with Crippen molar-refractivity contribution in [2.24, 2.45) is 5.92 Å². The molecule has 0 aromatic carbocycles. The van der Waals surface area contributed by atoms with Gasteiger partial charge >= 0.3 is 5.97 Å². The molecule has 0 aromatic rings. The van der Waals surface area contributed by atoms with Crippen molar-refractivity contribution >= 4 is 23.0 Å². The van der Waals surface area contributed by atoms with E-state index in [4.69, 9.17) is 5.11 Å². The molecule has 0 aliphatic heterocycles. The quantitative estimate of drug-likeness (QED) is 0.561. The largest absolute Gasteiger partial charge is 0.481 e. The maximum absolute atomic E-state index is 10.4. The summed E-state index contributed by atoms with van der Waals surface area (Å²) in [5, 5.41) is 8.60. The number of hydrogen-bond donors (Lipinski definition) is 1. The van der Waals surface area contributed by atoms with Gasteiger partial charge in [-0.25, -0.2) is 0 Å². The van der Waals surface area contributed by atoms with Gasteiger partial charge in [0.15, 0.2) is 0 Å². The number of unbranched alkanes of at least 4 members (excludes halogenated alkanes) is 2. The molecule has 0 saturated carbocycles. The van der Waals surface area contributed by atoms with Gasteiger partial charge in [0.25, 0.3) is 0 Å². The fourth-order valence-electron chi connectivity index (χ4n) is 1.07. The van der Waals surface area contributed by atoms with Crippen LogP contribution in [0.2, 0.25) is 0 Å². The summed E-state index contributed by atoms with van der Waals surface area (Å²) in [6, 6.07) is 0. The van der Waals surface area contributed by atoms with E-state index in [1.165, 1.54) is 6.42 Å². The van der Waals surface area contributed by atoms with Gasteiger partial charge < -0.3 is 5.11 Å². The predicted octanol–water partition coefficient (Wildman–Crippen LogP) is 3.81. The zero-order valence-electron chi connectivity index (χ0n) is 9.03. The average molecular weight is 265 g/mol. The highest BCUT2D eigenvalue weighted by Crippen LogP contribution is 2.08. The molecular formula is C11H21BrO2. The minimum absolute atomic E-state index is 0. The van der Waals surface area contributed by atoms with Crippen molar-refractivity contribution in [1.82, 2.24) is 0 Å². The Morgan fingerprint density at radius 3 is 2.43 bits per heavy atom. The summed E-state index contributed by atoms with van der Waals surface area (Å²) in [4.78, 5) is 10.4. The van der Waals surface area contributed by atoms with Crippen LogP contribution in [0.3, 0.4) is 0 Å². The number of carbonyl (C=O) groups is 1. The second kappa shape index (κ2) is 10.8. The van der Waals surface area contributed by atoms with Crippen LogP contribution in [0.1, 0.15) is 46.0 Å². The van der Waals surface area contributed by atoms with E-state index < -0.39 is 5.97 Å². The number of allylic oxidation sites excluding steroid dienone is 2. The van der Waals surface area contributed by atoms with E-state index in [2.05, 4.69) is 19.1 Å². The normalized spacial score (nSPS) is 12.4. The molecule has 3 heteroatoms. The first-order valence-corrected chi connectivity index (χ1v) is 5.06. The number of aliphatic carboxylic acids is 1. The molecule has 0 amide bonds. The molecule has 0 rings (SSSR count). The highest BCUT2D eigenvalue weighted by Gasteiger charge is 2.08. The predicted molar refractivity (Wildman–Crippen MR) is 65.0 cm³/mol. The fourth-order valence-corrected chi connectivity index (χ4v) is 1.07. The van der Waals surface area contributed by atoms with Crippen molar-refractivity contribution < 1.29 is 9.90 Å². The summed E-state index contributed by atoms with van der Waals surface area (Å²) in [5.74, 6) is -0.878. The second-order valence-electron chi connectivity index (χ2n) is 3.43. The van der Waals surface area contributed by atoms with Crippen LogP contribution in [0.25, 0.3) is 0 Å². The Bertz CT molecular complexity index is 167. The van der Waals surface area contributed by atoms with E-state index in [9.17, 15) is 4.79 Å². The molecule has 0 saturated heterocycles. The van der Waals surface area contributed by atoms with Crippen molar-refractivity contribution in [3.05, 3.63) is 12.2 Å². The molecular weight excluding hydrogens is 244 g/mol. The minimum Gasteiger partial charge on any atom is -0.481 e. The number of hydrogen-bond acceptors (Lipinski definition) is 1. The number of carboxylic acids is 1. The first kappa shape index (κ1) is 16.1. The summed E-state index contributed by atoms with van der Waals surface area (Å²) in [5.41, 5.74) is 0. The molecule has 0 fully saturated rings. The van der Waals surface area contributed by atoms with E-state index in [1.807, 2.05) is 0 Å². The van der Waals surface area contributed by atoms with Gasteiger partial charge in [-0.3, -0.25) is 4.79 Å². The lowest BCUT2D eigenvalue weighted by Gasteiger charge is -2.02. The molecule has 0 spiro atoms. The first-order chi connectivity index (χ1) is 6.18. The van der Waals surface area contributed by atoms with Crippen LogP contribution in [0.4, 0.5) is 0 Å². The number of carboxylic acid groups (broad SMARTS) is 1. The van der Waals surface area contributed by atoms with Gasteiger partial charge in [-0.1, -0.05) is 32.4 Å². The Morgan fingerprint density at radius 1 is 1.36 bits per heavy atom. The van der Waals surface area contributed by atoms with E-state index >= 15 is 0 Å². The Hall–Kier alpha value is -0.310. The average Bonchev–Trinajstić information content (AvgIpc) is 2.10. The van der Waals surface area contributed by atoms with Crippen LogP contribution < -0.4 is 0 Å². The lowest BCUT2D eigenvalue weighted by Crippen LogP contribution is -2.08. The Labute approximate surface area is 97.2 Å². The van der Waals surface area contributed by atoms with Crippen molar-refractivity contribution in [2.45, 2.75) is 46.0 Å². The van der Waals surface area contributed by atoms with Crippen LogP contribution in [0.15, 0.2) is 12.2 Å². The van der Waals surface area contributed by atoms with Gasteiger partial charge in [-0.05, 0) is 25.7 Å². The summed E-state index contributed by atoms with van der Waals surface area (Å²) in [6.45, 7) is 3.91. The van der Waals surface area contributed by atoms with Crippen LogP contribution in [-0.4, -0.2) is 11.1 Å². The summed E-state index contributed by atoms with van der Waals surface area (Å²) in [6.07, 6.45) is 9.41. The smallest absolute Gasteiger partial charge is 0.306 e. The third kappa shape index (κ3) is 9.78. The van der Waals surface area contributed by atoms with E-state index in [-0.39, 0.29) is 22.9 Å². The van der Waals surface area contributed by atoms with Crippen LogP contribution in [0, 0.1) is 5.92 Å². The van der Waals surface area contributed by atoms with Crippen molar-refractivity contribution in [3.8, 4) is 0 Å². The fraction of sp³-hybridized carbons (Fsp3) is 0.727. The third-order valence-electron chi connectivity index (χ3n) is 2.05. The molecule has 84 valence electrons. The molecule has 0 heterocycles. The van der Waals surface area contributed by atoms with Crippen LogP contribution in [-0.2, 0) is 4.79 Å². The van der Waals surface area contributed by atoms with Crippen LogP contribution in [0.5, 0.6) is 0 Å². The topological polar surface area (TPSA) is 37.3 Å². The number of rotatable bonds is 7. The maximum Gasteiger partial charge on any atom is 0.306 e. The van der Waals surface area contributed by atoms with E-state index in [1.54, 1.807) is 6.92 Å². The molecule has 0 aromatic heterocycles. The second-order valence-corrected chi connectivity index (χ2v) is 3.43. The van der Waals surface area contributed by atoms with Crippen LogP contribution >= 0.6 is 17.0 Å². The van der Waals surface area contributed by atoms with Crippen molar-refractivity contribution in [3.63, 3.8) is 0 Å². The number of halogens is 1. The van der Waals surface area contributed by atoms with Gasteiger partial charge in [0.1, 0.15) is 0 Å². The Balaban J connectivity index is 0. The summed E-state index contributed by atoms with van der Waals surface area (Å²) in [7, 11) is 0. The highest BCUT2D eigenvalue weighted by molar-refractivity contribution is 8.93. The Morgan fingerprint density at radius 2 is 1.93 bits per heavy atom. The lowest BCUT2D eigenvalue weighted by atomic mass is 10.0. The van der Waals surface area contributed by atoms with E-state index in [0.29, 0.717) is 0 Å². The molecule has 0 aliphatic carbocycles. The zero-order chi connectivity index (χ0) is 10.1. The summed E-state index contributed by atoms with van der Waals surface area (Å²) < 4.78 is 0. The van der Waals surface area contributed by atoms with Gasteiger partial charge in [0.05, 0.1) is 5.92 Å². The molecule has 1 unspecified atom stereocenters. The molecule has 0 bridgehead atoms. The minimum atomic E-state index is -0.683. The summed E-state index contributed by atoms with van der Waals surface area (Å²) >= 11 is 0. The zero-order valence-corrected chi connectivity index (χ0v) is 10.7. The highest BCUT2D eigenvalue weighted by atomic mass is 79.9. The van der Waals surface area contributed by atoms with Crippen molar-refractivity contribution in [1.29, 1.82) is 0 Å².